The Kier molecular flexibility index (Phi) is 4.62. The number of nitrogens with one attached hydrogen (secondary N) is 1. The van der Waals surface area contributed by atoms with Crippen LogP contribution in [0, 0.1) is 5.82 Å². The Morgan fingerprint density at radius 3 is 2.65 bits per heavy atom. The van der Waals surface area contributed by atoms with E-state index in [0.717, 1.165) is 10.0 Å². The molecule has 0 fully saturated rings. The Balaban J connectivity index is 2.08. The molecule has 3 nitrogen and oxygen atoms in total. The minimum Gasteiger partial charge on any atom is -0.508 e. The van der Waals surface area contributed by atoms with Crippen molar-refractivity contribution in [1.29, 1.82) is 0 Å². The van der Waals surface area contributed by atoms with E-state index in [2.05, 4.69) is 21.2 Å². The van der Waals surface area contributed by atoms with Crippen molar-refractivity contribution in [2.75, 3.05) is 0 Å². The first-order chi connectivity index (χ1) is 9.47. The fraction of sp³-hybridized carbons (Fsp3) is 0.200. The molecular weight excluding hydrogens is 325 g/mol. The number of aromatic hydroxyl groups is 2. The van der Waals surface area contributed by atoms with E-state index in [9.17, 15) is 14.6 Å². The lowest BCUT2D eigenvalue weighted by atomic mass is 10.1. The Hall–Kier alpha value is -1.59. The van der Waals surface area contributed by atoms with Crippen molar-refractivity contribution in [3.8, 4) is 11.5 Å². The number of phenolic OH excluding ortho intramolecular Hbond substituents is 2. The molecule has 0 saturated heterocycles. The molecule has 0 spiro atoms. The van der Waals surface area contributed by atoms with E-state index in [1.54, 1.807) is 12.1 Å². The van der Waals surface area contributed by atoms with Gasteiger partial charge in [-0.3, -0.25) is 0 Å². The summed E-state index contributed by atoms with van der Waals surface area (Å²) in [7, 11) is 0. The van der Waals surface area contributed by atoms with Gasteiger partial charge in [0.05, 0.1) is 0 Å². The molecule has 0 aromatic heterocycles. The molecule has 0 aliphatic heterocycles. The standard InChI is InChI=1S/C15H15BrFNO2/c1-9(13-4-3-12(19)7-15(13)20)18-8-10-6-11(17)2-5-14(10)16/h2-7,9,18-20H,8H2,1H3. The van der Waals surface area contributed by atoms with Gasteiger partial charge in [-0.2, -0.15) is 0 Å². The van der Waals surface area contributed by atoms with E-state index in [-0.39, 0.29) is 23.4 Å². The van der Waals surface area contributed by atoms with Gasteiger partial charge in [-0.25, -0.2) is 4.39 Å². The summed E-state index contributed by atoms with van der Waals surface area (Å²) >= 11 is 3.37. The molecule has 0 amide bonds. The molecule has 0 aliphatic rings. The Morgan fingerprint density at radius 2 is 1.95 bits per heavy atom. The summed E-state index contributed by atoms with van der Waals surface area (Å²) in [6.45, 7) is 2.35. The van der Waals surface area contributed by atoms with Crippen LogP contribution in [0.3, 0.4) is 0 Å². The predicted octanol–water partition coefficient (Wildman–Crippen LogP) is 3.85. The SMILES string of the molecule is CC(NCc1cc(F)ccc1Br)c1ccc(O)cc1O. The summed E-state index contributed by atoms with van der Waals surface area (Å²) in [4.78, 5) is 0. The van der Waals surface area contributed by atoms with Crippen molar-refractivity contribution in [1.82, 2.24) is 5.32 Å². The molecule has 5 heteroatoms. The van der Waals surface area contributed by atoms with Gasteiger partial charge in [0.15, 0.2) is 0 Å². The van der Waals surface area contributed by atoms with Crippen molar-refractivity contribution in [3.63, 3.8) is 0 Å². The van der Waals surface area contributed by atoms with Crippen molar-refractivity contribution < 1.29 is 14.6 Å². The largest absolute Gasteiger partial charge is 0.508 e. The van der Waals surface area contributed by atoms with Crippen LogP contribution < -0.4 is 5.32 Å². The van der Waals surface area contributed by atoms with Crippen molar-refractivity contribution in [3.05, 3.63) is 57.8 Å². The second-order valence-corrected chi connectivity index (χ2v) is 5.44. The van der Waals surface area contributed by atoms with Gasteiger partial charge in [0.25, 0.3) is 0 Å². The highest BCUT2D eigenvalue weighted by atomic mass is 79.9. The second kappa shape index (κ2) is 6.24. The number of rotatable bonds is 4. The lowest BCUT2D eigenvalue weighted by molar-refractivity contribution is 0.436. The minimum absolute atomic E-state index is 0.0197. The number of hydrogen-bond acceptors (Lipinski definition) is 3. The molecule has 3 N–H and O–H groups in total. The summed E-state index contributed by atoms with van der Waals surface area (Å²) < 4.78 is 14.0. The molecule has 106 valence electrons. The first kappa shape index (κ1) is 14.8. The highest BCUT2D eigenvalue weighted by Crippen LogP contribution is 2.28. The average molecular weight is 340 g/mol. The predicted molar refractivity (Wildman–Crippen MR) is 79.1 cm³/mol. The number of benzene rings is 2. The fourth-order valence-corrected chi connectivity index (χ4v) is 2.34. The summed E-state index contributed by atoms with van der Waals surface area (Å²) in [6, 6.07) is 8.85. The fourth-order valence-electron chi connectivity index (χ4n) is 1.95. The van der Waals surface area contributed by atoms with Gasteiger partial charge in [0.2, 0.25) is 0 Å². The molecule has 0 heterocycles. The van der Waals surface area contributed by atoms with E-state index in [0.29, 0.717) is 12.1 Å². The van der Waals surface area contributed by atoms with Crippen LogP contribution in [-0.2, 0) is 6.54 Å². The molecule has 1 atom stereocenters. The average Bonchev–Trinajstić information content (AvgIpc) is 2.39. The van der Waals surface area contributed by atoms with Gasteiger partial charge in [-0.05, 0) is 36.8 Å². The van der Waals surface area contributed by atoms with Crippen LogP contribution in [0.1, 0.15) is 24.1 Å². The molecule has 0 saturated carbocycles. The summed E-state index contributed by atoms with van der Waals surface area (Å²) in [5, 5.41) is 22.3. The summed E-state index contributed by atoms with van der Waals surface area (Å²) in [5.41, 5.74) is 1.48. The van der Waals surface area contributed by atoms with Crippen LogP contribution >= 0.6 is 15.9 Å². The first-order valence-electron chi connectivity index (χ1n) is 6.16. The van der Waals surface area contributed by atoms with E-state index in [4.69, 9.17) is 0 Å². The van der Waals surface area contributed by atoms with Gasteiger partial charge in [-0.15, -0.1) is 0 Å². The Morgan fingerprint density at radius 1 is 1.20 bits per heavy atom. The van der Waals surface area contributed by atoms with Crippen LogP contribution in [0.5, 0.6) is 11.5 Å². The van der Waals surface area contributed by atoms with Crippen molar-refractivity contribution >= 4 is 15.9 Å². The topological polar surface area (TPSA) is 52.5 Å². The Labute approximate surface area is 125 Å². The van der Waals surface area contributed by atoms with Crippen molar-refractivity contribution in [2.24, 2.45) is 0 Å². The summed E-state index contributed by atoms with van der Waals surface area (Å²) in [6.07, 6.45) is 0. The normalized spacial score (nSPS) is 12.3. The molecule has 0 radical (unpaired) electrons. The van der Waals surface area contributed by atoms with Crippen LogP contribution in [0.15, 0.2) is 40.9 Å². The lowest BCUT2D eigenvalue weighted by Gasteiger charge is -2.16. The maximum absolute atomic E-state index is 13.2. The third-order valence-corrected chi connectivity index (χ3v) is 3.86. The molecule has 20 heavy (non-hydrogen) atoms. The van der Waals surface area contributed by atoms with Gasteiger partial charge in [0.1, 0.15) is 17.3 Å². The van der Waals surface area contributed by atoms with Gasteiger partial charge >= 0.3 is 0 Å². The molecule has 2 aromatic carbocycles. The molecule has 2 aromatic rings. The molecular formula is C15H15BrFNO2. The number of hydrogen-bond donors (Lipinski definition) is 3. The lowest BCUT2D eigenvalue weighted by Crippen LogP contribution is -2.18. The smallest absolute Gasteiger partial charge is 0.124 e. The Bertz CT molecular complexity index is 619. The highest BCUT2D eigenvalue weighted by Gasteiger charge is 2.11. The summed E-state index contributed by atoms with van der Waals surface area (Å²) in [5.74, 6) is -0.236. The van der Waals surface area contributed by atoms with Crippen LogP contribution in [0.2, 0.25) is 0 Å². The minimum atomic E-state index is -0.287. The van der Waals surface area contributed by atoms with Crippen LogP contribution in [0.25, 0.3) is 0 Å². The van der Waals surface area contributed by atoms with E-state index in [1.165, 1.54) is 24.3 Å². The quantitative estimate of drug-likeness (QED) is 0.792. The molecule has 1 unspecified atom stereocenters. The van der Waals surface area contributed by atoms with E-state index in [1.807, 2.05) is 6.92 Å². The van der Waals surface area contributed by atoms with Gasteiger partial charge in [-0.1, -0.05) is 22.0 Å². The maximum atomic E-state index is 13.2. The zero-order valence-electron chi connectivity index (χ0n) is 10.9. The molecule has 2 rings (SSSR count). The second-order valence-electron chi connectivity index (χ2n) is 4.58. The molecule has 0 bridgehead atoms. The van der Waals surface area contributed by atoms with E-state index >= 15 is 0 Å². The third-order valence-electron chi connectivity index (χ3n) is 3.09. The maximum Gasteiger partial charge on any atom is 0.124 e. The third kappa shape index (κ3) is 3.49. The van der Waals surface area contributed by atoms with E-state index < -0.39 is 0 Å². The van der Waals surface area contributed by atoms with Gasteiger partial charge < -0.3 is 15.5 Å². The van der Waals surface area contributed by atoms with Gasteiger partial charge in [0, 0.05) is 28.7 Å². The zero-order chi connectivity index (χ0) is 14.7. The van der Waals surface area contributed by atoms with Crippen molar-refractivity contribution in [2.45, 2.75) is 19.5 Å². The first-order valence-corrected chi connectivity index (χ1v) is 6.96. The molecule has 0 aliphatic carbocycles. The van der Waals surface area contributed by atoms with Crippen LogP contribution in [0.4, 0.5) is 4.39 Å². The monoisotopic (exact) mass is 339 g/mol. The number of halogens is 2. The number of phenols is 2. The zero-order valence-corrected chi connectivity index (χ0v) is 12.5. The highest BCUT2D eigenvalue weighted by molar-refractivity contribution is 9.10. The van der Waals surface area contributed by atoms with Crippen LogP contribution in [-0.4, -0.2) is 10.2 Å².